The summed E-state index contributed by atoms with van der Waals surface area (Å²) < 4.78 is 47.0. The standard InChI is InChI=1S/C24H26FNO4.C20H18FNO4/c1-6-14(3)21(24(28)29)22-15(4)26(23(27)16-9-7-13(2)8-10-16)19-12-18(25)20(30-5)11-17(19)22;1-11-5-7-14(8-6-11)20(24)22-12(2)19(26-13(3)23)15-9-18(25-4)16(21)10-17(15)22/h7-12,14,21H,6H2,1-5H3,(H,28,29);5-10H,1-4H3. The largest absolute Gasteiger partial charge is 0.494 e. The average molecular weight is 767 g/mol. The third-order valence-corrected chi connectivity index (χ3v) is 9.99. The molecule has 2 atom stereocenters. The Morgan fingerprint density at radius 2 is 1.12 bits per heavy atom. The molecule has 2 heterocycles. The summed E-state index contributed by atoms with van der Waals surface area (Å²) in [5.74, 6) is -4.17. The van der Waals surface area contributed by atoms with E-state index in [0.717, 1.165) is 11.1 Å². The average Bonchev–Trinajstić information content (AvgIpc) is 3.58. The van der Waals surface area contributed by atoms with Crippen LogP contribution in [0.2, 0.25) is 0 Å². The quantitative estimate of drug-likeness (QED) is 0.144. The number of nitrogens with zero attached hydrogens (tertiary/aromatic N) is 2. The molecule has 2 aromatic heterocycles. The van der Waals surface area contributed by atoms with Gasteiger partial charge in [-0.25, -0.2) is 8.78 Å². The minimum Gasteiger partial charge on any atom is -0.494 e. The van der Waals surface area contributed by atoms with Gasteiger partial charge in [0.1, 0.15) is 0 Å². The Morgan fingerprint density at radius 1 is 0.696 bits per heavy atom. The number of ether oxygens (including phenoxy) is 3. The van der Waals surface area contributed by atoms with Crippen LogP contribution in [0.4, 0.5) is 8.78 Å². The van der Waals surface area contributed by atoms with Crippen LogP contribution in [0, 0.1) is 45.2 Å². The first kappa shape index (κ1) is 40.9. The van der Waals surface area contributed by atoms with Gasteiger partial charge in [-0.3, -0.25) is 28.3 Å². The highest BCUT2D eigenvalue weighted by atomic mass is 19.1. The third kappa shape index (κ3) is 7.77. The fourth-order valence-corrected chi connectivity index (χ4v) is 6.87. The lowest BCUT2D eigenvalue weighted by Gasteiger charge is -2.20. The van der Waals surface area contributed by atoms with E-state index in [2.05, 4.69) is 0 Å². The molecule has 56 heavy (non-hydrogen) atoms. The van der Waals surface area contributed by atoms with Crippen LogP contribution >= 0.6 is 0 Å². The number of hydrogen-bond acceptors (Lipinski definition) is 7. The second-order valence-corrected chi connectivity index (χ2v) is 13.7. The minimum absolute atomic E-state index is 0.00540. The summed E-state index contributed by atoms with van der Waals surface area (Å²) in [7, 11) is 2.70. The van der Waals surface area contributed by atoms with Gasteiger partial charge in [0.25, 0.3) is 11.8 Å². The molecule has 0 saturated carbocycles. The SMILES string of the molecule is CCC(C)C(C(=O)O)c1c(C)n(C(=O)c2ccc(C)cc2)c2cc(F)c(OC)cc12.COc1cc2c(OC(C)=O)c(C)n(C(=O)c3ccc(C)cc3)c2cc1F. The zero-order valence-electron chi connectivity index (χ0n) is 32.7. The Kier molecular flexibility index (Phi) is 12.1. The van der Waals surface area contributed by atoms with Gasteiger partial charge in [-0.05, 0) is 75.6 Å². The van der Waals surface area contributed by atoms with Crippen LogP contribution in [0.1, 0.15) is 81.9 Å². The van der Waals surface area contributed by atoms with Crippen molar-refractivity contribution in [3.63, 3.8) is 0 Å². The van der Waals surface area contributed by atoms with Crippen LogP contribution in [0.3, 0.4) is 0 Å². The summed E-state index contributed by atoms with van der Waals surface area (Å²) in [5.41, 5.74) is 4.99. The van der Waals surface area contributed by atoms with Crippen LogP contribution < -0.4 is 14.2 Å². The van der Waals surface area contributed by atoms with Gasteiger partial charge < -0.3 is 19.3 Å². The highest BCUT2D eigenvalue weighted by Gasteiger charge is 2.33. The van der Waals surface area contributed by atoms with Crippen molar-refractivity contribution in [2.24, 2.45) is 5.92 Å². The normalized spacial score (nSPS) is 12.1. The topological polar surface area (TPSA) is 126 Å². The first-order chi connectivity index (χ1) is 26.5. The molecule has 0 aliphatic heterocycles. The molecule has 1 N–H and O–H groups in total. The number of aryl methyl sites for hydroxylation is 2. The maximum absolute atomic E-state index is 14.6. The molecule has 6 rings (SSSR count). The zero-order valence-corrected chi connectivity index (χ0v) is 32.7. The predicted octanol–water partition coefficient (Wildman–Crippen LogP) is 9.33. The lowest BCUT2D eigenvalue weighted by Crippen LogP contribution is -2.21. The van der Waals surface area contributed by atoms with Crippen molar-refractivity contribution in [3.05, 3.63) is 124 Å². The van der Waals surface area contributed by atoms with Crippen molar-refractivity contribution in [2.45, 2.75) is 60.8 Å². The summed E-state index contributed by atoms with van der Waals surface area (Å²) in [6.07, 6.45) is 0.646. The molecule has 4 aromatic carbocycles. The molecule has 0 saturated heterocycles. The van der Waals surface area contributed by atoms with E-state index in [1.54, 1.807) is 38.1 Å². The number of carboxylic acid groups (broad SMARTS) is 1. The fraction of sp³-hybridized carbons (Fsp3) is 0.273. The zero-order chi connectivity index (χ0) is 41.2. The molecule has 0 aliphatic carbocycles. The molecule has 292 valence electrons. The molecule has 0 amide bonds. The molecule has 0 bridgehead atoms. The highest BCUT2D eigenvalue weighted by Crippen LogP contribution is 2.40. The molecule has 0 aliphatic rings. The van der Waals surface area contributed by atoms with E-state index in [9.17, 15) is 33.1 Å². The highest BCUT2D eigenvalue weighted by molar-refractivity contribution is 6.07. The molecule has 12 heteroatoms. The number of carbonyl (C=O) groups excluding carboxylic acids is 3. The predicted molar refractivity (Wildman–Crippen MR) is 209 cm³/mol. The second kappa shape index (κ2) is 16.6. The third-order valence-electron chi connectivity index (χ3n) is 9.99. The van der Waals surface area contributed by atoms with Crippen molar-refractivity contribution in [1.29, 1.82) is 0 Å². The van der Waals surface area contributed by atoms with E-state index in [4.69, 9.17) is 14.2 Å². The van der Waals surface area contributed by atoms with Gasteiger partial charge in [0.15, 0.2) is 28.9 Å². The molecular weight excluding hydrogens is 722 g/mol. The van der Waals surface area contributed by atoms with Crippen molar-refractivity contribution in [3.8, 4) is 17.2 Å². The van der Waals surface area contributed by atoms with E-state index < -0.39 is 29.5 Å². The molecular formula is C44H44F2N2O8. The number of halogens is 2. The van der Waals surface area contributed by atoms with E-state index in [0.29, 0.717) is 56.3 Å². The van der Waals surface area contributed by atoms with Gasteiger partial charge in [-0.1, -0.05) is 55.7 Å². The summed E-state index contributed by atoms with van der Waals surface area (Å²) in [6.45, 7) is 12.3. The Labute approximate surface area is 323 Å². The minimum atomic E-state index is -0.974. The number of hydrogen-bond donors (Lipinski definition) is 1. The Balaban J connectivity index is 0.000000216. The molecule has 6 aromatic rings. The number of benzene rings is 4. The fourth-order valence-electron chi connectivity index (χ4n) is 6.87. The molecule has 0 fully saturated rings. The van der Waals surface area contributed by atoms with Crippen LogP contribution in [0.5, 0.6) is 17.2 Å². The number of esters is 1. The smallest absolute Gasteiger partial charge is 0.311 e. The Bertz CT molecular complexity index is 2480. The van der Waals surface area contributed by atoms with Crippen molar-refractivity contribution < 1.29 is 47.3 Å². The van der Waals surface area contributed by atoms with Gasteiger partial charge in [0, 0.05) is 46.6 Å². The van der Waals surface area contributed by atoms with Crippen LogP contribution in [-0.4, -0.2) is 52.2 Å². The number of rotatable bonds is 9. The van der Waals surface area contributed by atoms with E-state index in [1.807, 2.05) is 52.0 Å². The summed E-state index contributed by atoms with van der Waals surface area (Å²) in [5, 5.41) is 10.9. The van der Waals surface area contributed by atoms with E-state index in [1.165, 1.54) is 54.5 Å². The van der Waals surface area contributed by atoms with Crippen LogP contribution in [-0.2, 0) is 9.59 Å². The first-order valence-electron chi connectivity index (χ1n) is 17.9. The van der Waals surface area contributed by atoms with Gasteiger partial charge in [-0.2, -0.15) is 0 Å². The van der Waals surface area contributed by atoms with Gasteiger partial charge in [-0.15, -0.1) is 0 Å². The maximum Gasteiger partial charge on any atom is 0.311 e. The lowest BCUT2D eigenvalue weighted by atomic mass is 9.84. The van der Waals surface area contributed by atoms with Crippen LogP contribution in [0.25, 0.3) is 21.8 Å². The van der Waals surface area contributed by atoms with Crippen molar-refractivity contribution >= 4 is 45.6 Å². The Morgan fingerprint density at radius 3 is 1.54 bits per heavy atom. The molecule has 0 spiro atoms. The number of methoxy groups -OCH3 is 2. The van der Waals surface area contributed by atoms with E-state index >= 15 is 0 Å². The number of carboxylic acids is 1. The molecule has 2 unspecified atom stereocenters. The van der Waals surface area contributed by atoms with Crippen LogP contribution in [0.15, 0.2) is 72.8 Å². The second-order valence-electron chi connectivity index (χ2n) is 13.7. The van der Waals surface area contributed by atoms with Crippen molar-refractivity contribution in [2.75, 3.05) is 14.2 Å². The number of aromatic nitrogens is 2. The van der Waals surface area contributed by atoms with Crippen molar-refractivity contribution in [1.82, 2.24) is 9.13 Å². The molecule has 10 nitrogen and oxygen atoms in total. The lowest BCUT2D eigenvalue weighted by molar-refractivity contribution is -0.140. The number of aliphatic carboxylic acids is 1. The summed E-state index contributed by atoms with van der Waals surface area (Å²) in [6, 6.07) is 19.5. The Hall–Kier alpha value is -6.30. The first-order valence-corrected chi connectivity index (χ1v) is 17.9. The summed E-state index contributed by atoms with van der Waals surface area (Å²) >= 11 is 0. The van der Waals surface area contributed by atoms with Gasteiger partial charge >= 0.3 is 11.9 Å². The van der Waals surface area contributed by atoms with Gasteiger partial charge in [0.05, 0.1) is 36.9 Å². The monoisotopic (exact) mass is 766 g/mol. The van der Waals surface area contributed by atoms with E-state index in [-0.39, 0.29) is 35.0 Å². The number of fused-ring (bicyclic) bond motifs is 2. The molecule has 0 radical (unpaired) electrons. The number of carbonyl (C=O) groups is 4. The summed E-state index contributed by atoms with van der Waals surface area (Å²) in [4.78, 5) is 50.1. The van der Waals surface area contributed by atoms with Gasteiger partial charge in [0.2, 0.25) is 0 Å². The maximum atomic E-state index is 14.6.